The van der Waals surface area contributed by atoms with Gasteiger partial charge in [0, 0.05) is 13.1 Å². The predicted molar refractivity (Wildman–Crippen MR) is 123 cm³/mol. The van der Waals surface area contributed by atoms with Gasteiger partial charge >= 0.3 is 0 Å². The number of benzene rings is 2. The minimum absolute atomic E-state index is 0.0556. The van der Waals surface area contributed by atoms with Gasteiger partial charge in [-0.3, -0.25) is 14.2 Å². The molecule has 1 heterocycles. The van der Waals surface area contributed by atoms with Crippen LogP contribution in [-0.4, -0.2) is 39.2 Å². The zero-order valence-electron chi connectivity index (χ0n) is 16.9. The molecule has 1 saturated carbocycles. The molecule has 30 heavy (non-hydrogen) atoms. The zero-order chi connectivity index (χ0) is 21.1. The number of fused-ring (bicyclic) bond motifs is 1. The van der Waals surface area contributed by atoms with Crippen molar-refractivity contribution in [3.63, 3.8) is 0 Å². The largest absolute Gasteiger partial charge is 0.342 e. The van der Waals surface area contributed by atoms with Crippen molar-refractivity contribution in [1.82, 2.24) is 14.5 Å². The summed E-state index contributed by atoms with van der Waals surface area (Å²) >= 11 is 7.68. The molecule has 0 saturated heterocycles. The monoisotopic (exact) mass is 441 g/mol. The first-order chi connectivity index (χ1) is 14.6. The molecule has 5 nitrogen and oxygen atoms in total. The van der Waals surface area contributed by atoms with Crippen molar-refractivity contribution >= 4 is 40.2 Å². The van der Waals surface area contributed by atoms with Gasteiger partial charge in [0.15, 0.2) is 5.16 Å². The smallest absolute Gasteiger partial charge is 0.266 e. The molecule has 1 aliphatic carbocycles. The highest BCUT2D eigenvalue weighted by Crippen LogP contribution is 2.27. The lowest BCUT2D eigenvalue weighted by Crippen LogP contribution is -2.39. The average molecular weight is 442 g/mol. The second-order valence-electron chi connectivity index (χ2n) is 7.59. The number of para-hydroxylation sites is 2. The summed E-state index contributed by atoms with van der Waals surface area (Å²) in [5, 5.41) is 1.45. The van der Waals surface area contributed by atoms with E-state index in [1.165, 1.54) is 35.6 Å². The molecule has 2 aromatic carbocycles. The van der Waals surface area contributed by atoms with Crippen molar-refractivity contribution in [2.45, 2.75) is 43.3 Å². The van der Waals surface area contributed by atoms with Crippen LogP contribution in [0.4, 0.5) is 0 Å². The highest BCUT2D eigenvalue weighted by atomic mass is 35.5. The first-order valence-corrected chi connectivity index (χ1v) is 11.6. The van der Waals surface area contributed by atoms with E-state index in [1.807, 2.05) is 42.3 Å². The van der Waals surface area contributed by atoms with Gasteiger partial charge in [-0.05, 0) is 37.1 Å². The average Bonchev–Trinajstić information content (AvgIpc) is 2.78. The Bertz CT molecular complexity index is 1120. The lowest BCUT2D eigenvalue weighted by molar-refractivity contribution is -0.129. The number of halogens is 1. The van der Waals surface area contributed by atoms with Gasteiger partial charge in [-0.25, -0.2) is 4.98 Å². The van der Waals surface area contributed by atoms with Crippen LogP contribution in [0.2, 0.25) is 5.02 Å². The highest BCUT2D eigenvalue weighted by molar-refractivity contribution is 7.99. The number of carbonyl (C=O) groups excluding carboxylic acids is 1. The van der Waals surface area contributed by atoms with E-state index >= 15 is 0 Å². The molecule has 0 N–H and O–H groups in total. The third-order valence-electron chi connectivity index (χ3n) is 5.68. The highest BCUT2D eigenvalue weighted by Gasteiger charge is 2.23. The van der Waals surface area contributed by atoms with Crippen molar-refractivity contribution in [1.29, 1.82) is 0 Å². The molecule has 0 aliphatic heterocycles. The van der Waals surface area contributed by atoms with E-state index < -0.39 is 0 Å². The summed E-state index contributed by atoms with van der Waals surface area (Å²) in [5.41, 5.74) is 0.990. The fourth-order valence-electron chi connectivity index (χ4n) is 3.95. The maximum Gasteiger partial charge on any atom is 0.266 e. The van der Waals surface area contributed by atoms with Gasteiger partial charge in [-0.2, -0.15) is 0 Å². The molecule has 1 aliphatic rings. The van der Waals surface area contributed by atoms with Crippen LogP contribution in [0, 0.1) is 0 Å². The minimum atomic E-state index is -0.190. The first-order valence-electron chi connectivity index (χ1n) is 10.2. The molecule has 4 rings (SSSR count). The third-order valence-corrected chi connectivity index (χ3v) is 6.92. The Labute approximate surface area is 185 Å². The van der Waals surface area contributed by atoms with Crippen molar-refractivity contribution in [2.75, 3.05) is 12.8 Å². The quantitative estimate of drug-likeness (QED) is 0.416. The molecule has 1 aromatic heterocycles. The summed E-state index contributed by atoms with van der Waals surface area (Å²) in [5.74, 6) is 0.280. The standard InChI is InChI=1S/C23H24ClN3O2S/c1-26(16-9-3-2-4-10-16)21(28)15-30-23-25-19-13-7-5-11-17(19)22(29)27(23)20-14-8-6-12-18(20)24/h5-8,11-14,16H,2-4,9-10,15H2,1H3. The molecular formula is C23H24ClN3O2S. The molecule has 156 valence electrons. The topological polar surface area (TPSA) is 55.2 Å². The van der Waals surface area contributed by atoms with E-state index in [-0.39, 0.29) is 17.2 Å². The number of rotatable bonds is 5. The van der Waals surface area contributed by atoms with Crippen LogP contribution in [0.5, 0.6) is 0 Å². The lowest BCUT2D eigenvalue weighted by Gasteiger charge is -2.31. The Morgan fingerprint density at radius 3 is 2.60 bits per heavy atom. The van der Waals surface area contributed by atoms with Gasteiger partial charge in [-0.1, -0.05) is 66.9 Å². The molecular weight excluding hydrogens is 418 g/mol. The van der Waals surface area contributed by atoms with E-state index in [2.05, 4.69) is 0 Å². The maximum absolute atomic E-state index is 13.3. The molecule has 0 atom stereocenters. The normalized spacial score (nSPS) is 14.7. The molecule has 0 radical (unpaired) electrons. The minimum Gasteiger partial charge on any atom is -0.342 e. The summed E-state index contributed by atoms with van der Waals surface area (Å²) in [4.78, 5) is 32.7. The number of aromatic nitrogens is 2. The molecule has 0 unspecified atom stereocenters. The third kappa shape index (κ3) is 4.25. The molecule has 0 bridgehead atoms. The molecule has 1 fully saturated rings. The SMILES string of the molecule is CN(C(=O)CSc1nc2ccccc2c(=O)n1-c1ccccc1Cl)C1CCCCC1. The zero-order valence-corrected chi connectivity index (χ0v) is 18.5. The van der Waals surface area contributed by atoms with E-state index in [4.69, 9.17) is 16.6 Å². The fourth-order valence-corrected chi connectivity index (χ4v) is 5.10. The Morgan fingerprint density at radius 2 is 1.83 bits per heavy atom. The maximum atomic E-state index is 13.3. The van der Waals surface area contributed by atoms with Crippen molar-refractivity contribution < 1.29 is 4.79 Å². The number of nitrogens with zero attached hydrogens (tertiary/aromatic N) is 3. The summed E-state index contributed by atoms with van der Waals surface area (Å²) in [6, 6.07) is 14.7. The second-order valence-corrected chi connectivity index (χ2v) is 8.94. The fraction of sp³-hybridized carbons (Fsp3) is 0.348. The van der Waals surface area contributed by atoms with Crippen LogP contribution in [0.3, 0.4) is 0 Å². The molecule has 7 heteroatoms. The summed E-state index contributed by atoms with van der Waals surface area (Å²) in [6.45, 7) is 0. The number of hydrogen-bond donors (Lipinski definition) is 0. The molecule has 1 amide bonds. The van der Waals surface area contributed by atoms with Gasteiger partial charge in [0.1, 0.15) is 0 Å². The number of carbonyl (C=O) groups is 1. The Hall–Kier alpha value is -2.31. The van der Waals surface area contributed by atoms with Crippen LogP contribution in [0.1, 0.15) is 32.1 Å². The van der Waals surface area contributed by atoms with Gasteiger partial charge in [0.05, 0.1) is 27.4 Å². The van der Waals surface area contributed by atoms with Gasteiger partial charge in [0.2, 0.25) is 5.91 Å². The number of hydrogen-bond acceptors (Lipinski definition) is 4. The van der Waals surface area contributed by atoms with Crippen molar-refractivity contribution in [3.05, 3.63) is 63.9 Å². The Kier molecular flexibility index (Phi) is 6.44. The van der Waals surface area contributed by atoms with E-state index in [0.717, 1.165) is 12.8 Å². The van der Waals surface area contributed by atoms with Crippen LogP contribution in [-0.2, 0) is 4.79 Å². The molecule has 0 spiro atoms. The van der Waals surface area contributed by atoms with Gasteiger partial charge in [-0.15, -0.1) is 0 Å². The lowest BCUT2D eigenvalue weighted by atomic mass is 9.94. The van der Waals surface area contributed by atoms with Gasteiger partial charge in [0.25, 0.3) is 5.56 Å². The van der Waals surface area contributed by atoms with Crippen LogP contribution < -0.4 is 5.56 Å². The van der Waals surface area contributed by atoms with Crippen molar-refractivity contribution in [3.8, 4) is 5.69 Å². The molecule has 3 aromatic rings. The summed E-state index contributed by atoms with van der Waals surface area (Å²) in [6.07, 6.45) is 5.72. The van der Waals surface area contributed by atoms with E-state index in [9.17, 15) is 9.59 Å². The summed E-state index contributed by atoms with van der Waals surface area (Å²) < 4.78 is 1.52. The Balaban J connectivity index is 1.67. The number of thioether (sulfide) groups is 1. The van der Waals surface area contributed by atoms with Crippen LogP contribution >= 0.6 is 23.4 Å². The second kappa shape index (κ2) is 9.23. The summed E-state index contributed by atoms with van der Waals surface area (Å²) in [7, 11) is 1.88. The van der Waals surface area contributed by atoms with Gasteiger partial charge < -0.3 is 4.90 Å². The van der Waals surface area contributed by atoms with Crippen LogP contribution in [0.25, 0.3) is 16.6 Å². The van der Waals surface area contributed by atoms with E-state index in [1.54, 1.807) is 18.2 Å². The predicted octanol–water partition coefficient (Wildman–Crippen LogP) is 4.92. The van der Waals surface area contributed by atoms with Crippen molar-refractivity contribution in [2.24, 2.45) is 0 Å². The first kappa shape index (κ1) is 20.9. The Morgan fingerprint density at radius 1 is 1.13 bits per heavy atom. The number of amides is 1. The van der Waals surface area contributed by atoms with Crippen LogP contribution in [0.15, 0.2) is 58.5 Å². The van der Waals surface area contributed by atoms with E-state index in [0.29, 0.717) is 32.8 Å².